The molecule has 0 saturated heterocycles. The van der Waals surface area contributed by atoms with Gasteiger partial charge < -0.3 is 5.32 Å². The summed E-state index contributed by atoms with van der Waals surface area (Å²) in [7, 11) is 0. The van der Waals surface area contributed by atoms with Gasteiger partial charge in [-0.2, -0.15) is 5.10 Å². The van der Waals surface area contributed by atoms with E-state index in [1.54, 1.807) is 23.7 Å². The maximum Gasteiger partial charge on any atom is 0.274 e. The number of non-ortho nitro benzene ring substituents is 1. The van der Waals surface area contributed by atoms with Crippen LogP contribution in [0.15, 0.2) is 72.1 Å². The summed E-state index contributed by atoms with van der Waals surface area (Å²) < 4.78 is 1.58. The molecule has 8 heteroatoms. The first kappa shape index (κ1) is 18.6. The fourth-order valence-corrected chi connectivity index (χ4v) is 3.58. The quantitative estimate of drug-likeness (QED) is 0.371. The Labute approximate surface area is 170 Å². The number of nitro groups is 1. The van der Waals surface area contributed by atoms with E-state index < -0.39 is 10.8 Å². The van der Waals surface area contributed by atoms with Gasteiger partial charge in [0.15, 0.2) is 0 Å². The topological polar surface area (TPSA) is 90.1 Å². The molecule has 2 heterocycles. The van der Waals surface area contributed by atoms with Crippen molar-refractivity contribution in [3.05, 3.63) is 93.5 Å². The smallest absolute Gasteiger partial charge is 0.274 e. The van der Waals surface area contributed by atoms with Crippen molar-refractivity contribution in [3.63, 3.8) is 0 Å². The number of para-hydroxylation sites is 1. The molecule has 0 atom stereocenters. The number of anilines is 1. The number of thiophene rings is 1. The molecule has 144 valence electrons. The molecule has 29 heavy (non-hydrogen) atoms. The van der Waals surface area contributed by atoms with E-state index in [9.17, 15) is 14.9 Å². The van der Waals surface area contributed by atoms with Gasteiger partial charge >= 0.3 is 0 Å². The summed E-state index contributed by atoms with van der Waals surface area (Å²) >= 11 is 1.53. The molecule has 1 N–H and O–H groups in total. The van der Waals surface area contributed by atoms with Gasteiger partial charge in [-0.3, -0.25) is 14.9 Å². The standard InChI is InChI=1S/C21H16N4O3S/c1-14-9-10-16(25(27)28)12-17(14)22-21(26)19-13-18(20-8-5-11-29-20)23-24(19)15-6-3-2-4-7-15/h2-13H,1H3,(H,22,26). The highest BCUT2D eigenvalue weighted by Crippen LogP contribution is 2.27. The largest absolute Gasteiger partial charge is 0.320 e. The van der Waals surface area contributed by atoms with Crippen LogP contribution in [0.4, 0.5) is 11.4 Å². The number of hydrogen-bond donors (Lipinski definition) is 1. The molecule has 0 saturated carbocycles. The molecule has 4 aromatic rings. The highest BCUT2D eigenvalue weighted by atomic mass is 32.1. The van der Waals surface area contributed by atoms with E-state index in [0.717, 1.165) is 16.1 Å². The van der Waals surface area contributed by atoms with Crippen molar-refractivity contribution in [2.75, 3.05) is 5.32 Å². The van der Waals surface area contributed by atoms with Crippen LogP contribution in [0.5, 0.6) is 0 Å². The average Bonchev–Trinajstić information content (AvgIpc) is 3.40. The van der Waals surface area contributed by atoms with Gasteiger partial charge in [0.05, 0.1) is 21.2 Å². The maximum absolute atomic E-state index is 13.1. The van der Waals surface area contributed by atoms with Crippen molar-refractivity contribution >= 4 is 28.6 Å². The number of amides is 1. The highest BCUT2D eigenvalue weighted by Gasteiger charge is 2.19. The van der Waals surface area contributed by atoms with Gasteiger partial charge in [0.2, 0.25) is 0 Å². The second-order valence-corrected chi connectivity index (χ2v) is 7.30. The fourth-order valence-electron chi connectivity index (χ4n) is 2.90. The highest BCUT2D eigenvalue weighted by molar-refractivity contribution is 7.13. The number of carbonyl (C=O) groups is 1. The molecule has 0 aliphatic heterocycles. The number of rotatable bonds is 5. The van der Waals surface area contributed by atoms with Crippen LogP contribution in [-0.2, 0) is 0 Å². The summed E-state index contributed by atoms with van der Waals surface area (Å²) in [4.78, 5) is 24.6. The lowest BCUT2D eigenvalue weighted by Gasteiger charge is -2.10. The van der Waals surface area contributed by atoms with Crippen LogP contribution >= 0.6 is 11.3 Å². The summed E-state index contributed by atoms with van der Waals surface area (Å²) in [5.74, 6) is -0.396. The average molecular weight is 404 g/mol. The monoisotopic (exact) mass is 404 g/mol. The molecular formula is C21H16N4O3S. The predicted molar refractivity (Wildman–Crippen MR) is 113 cm³/mol. The van der Waals surface area contributed by atoms with Crippen LogP contribution in [0.3, 0.4) is 0 Å². The number of aromatic nitrogens is 2. The lowest BCUT2D eigenvalue weighted by molar-refractivity contribution is -0.384. The first-order chi connectivity index (χ1) is 14.0. The minimum absolute atomic E-state index is 0.0817. The first-order valence-corrected chi connectivity index (χ1v) is 9.66. The van der Waals surface area contributed by atoms with Crippen molar-refractivity contribution in [1.82, 2.24) is 9.78 Å². The van der Waals surface area contributed by atoms with Crippen LogP contribution in [0, 0.1) is 17.0 Å². The molecular weight excluding hydrogens is 388 g/mol. The molecule has 0 aliphatic rings. The van der Waals surface area contributed by atoms with Gasteiger partial charge in [0.1, 0.15) is 11.4 Å². The number of nitrogens with zero attached hydrogens (tertiary/aromatic N) is 3. The number of benzene rings is 2. The number of hydrogen-bond acceptors (Lipinski definition) is 5. The Kier molecular flexibility index (Phi) is 4.92. The van der Waals surface area contributed by atoms with Gasteiger partial charge in [0.25, 0.3) is 11.6 Å². The molecule has 7 nitrogen and oxygen atoms in total. The molecule has 0 spiro atoms. The number of aryl methyl sites for hydroxylation is 1. The molecule has 2 aromatic heterocycles. The van der Waals surface area contributed by atoms with Crippen molar-refractivity contribution in [2.24, 2.45) is 0 Å². The Morgan fingerprint density at radius 1 is 1.10 bits per heavy atom. The zero-order chi connectivity index (χ0) is 20.4. The van der Waals surface area contributed by atoms with E-state index in [4.69, 9.17) is 0 Å². The van der Waals surface area contributed by atoms with E-state index in [2.05, 4.69) is 10.4 Å². The van der Waals surface area contributed by atoms with Crippen molar-refractivity contribution < 1.29 is 9.72 Å². The molecule has 0 radical (unpaired) electrons. The summed E-state index contributed by atoms with van der Waals surface area (Å²) in [6, 6.07) is 19.3. The Hall–Kier alpha value is -3.78. The van der Waals surface area contributed by atoms with Gasteiger partial charge in [-0.1, -0.05) is 30.3 Å². The van der Waals surface area contributed by atoms with E-state index in [1.807, 2.05) is 47.8 Å². The van der Waals surface area contributed by atoms with Crippen LogP contribution in [0.2, 0.25) is 0 Å². The Morgan fingerprint density at radius 3 is 2.59 bits per heavy atom. The second-order valence-electron chi connectivity index (χ2n) is 6.35. The molecule has 0 unspecified atom stereocenters. The van der Waals surface area contributed by atoms with Gasteiger partial charge in [-0.25, -0.2) is 4.68 Å². The van der Waals surface area contributed by atoms with Crippen LogP contribution in [0.25, 0.3) is 16.3 Å². The molecule has 1 amide bonds. The zero-order valence-electron chi connectivity index (χ0n) is 15.4. The minimum Gasteiger partial charge on any atom is -0.320 e. The Bertz CT molecular complexity index is 1180. The van der Waals surface area contributed by atoms with Crippen molar-refractivity contribution in [1.29, 1.82) is 0 Å². The van der Waals surface area contributed by atoms with Crippen LogP contribution in [0.1, 0.15) is 16.1 Å². The minimum atomic E-state index is -0.488. The molecule has 4 rings (SSSR count). The van der Waals surface area contributed by atoms with Gasteiger partial charge in [0, 0.05) is 12.1 Å². The van der Waals surface area contributed by atoms with Gasteiger partial charge in [-0.05, 0) is 42.1 Å². The third-order valence-electron chi connectivity index (χ3n) is 4.40. The van der Waals surface area contributed by atoms with Gasteiger partial charge in [-0.15, -0.1) is 11.3 Å². The molecule has 0 bridgehead atoms. The zero-order valence-corrected chi connectivity index (χ0v) is 16.2. The lowest BCUT2D eigenvalue weighted by Crippen LogP contribution is -2.17. The van der Waals surface area contributed by atoms with E-state index in [0.29, 0.717) is 17.1 Å². The van der Waals surface area contributed by atoms with E-state index >= 15 is 0 Å². The lowest BCUT2D eigenvalue weighted by atomic mass is 10.1. The first-order valence-electron chi connectivity index (χ1n) is 8.78. The Morgan fingerprint density at radius 2 is 1.90 bits per heavy atom. The second kappa shape index (κ2) is 7.69. The summed E-state index contributed by atoms with van der Waals surface area (Å²) in [5, 5.41) is 20.4. The summed E-state index contributed by atoms with van der Waals surface area (Å²) in [5.41, 5.74) is 2.81. The van der Waals surface area contributed by atoms with Crippen LogP contribution < -0.4 is 5.32 Å². The summed E-state index contributed by atoms with van der Waals surface area (Å²) in [6.07, 6.45) is 0. The Balaban J connectivity index is 1.75. The maximum atomic E-state index is 13.1. The fraction of sp³-hybridized carbons (Fsp3) is 0.0476. The van der Waals surface area contributed by atoms with E-state index in [-0.39, 0.29) is 5.69 Å². The molecule has 0 fully saturated rings. The van der Waals surface area contributed by atoms with Crippen LogP contribution in [-0.4, -0.2) is 20.6 Å². The predicted octanol–water partition coefficient (Wildman–Crippen LogP) is 5.07. The number of nitrogens with one attached hydrogen (secondary N) is 1. The van der Waals surface area contributed by atoms with Crippen molar-refractivity contribution in [3.8, 4) is 16.3 Å². The van der Waals surface area contributed by atoms with Crippen molar-refractivity contribution in [2.45, 2.75) is 6.92 Å². The summed E-state index contributed by atoms with van der Waals surface area (Å²) in [6.45, 7) is 1.78. The molecule has 0 aliphatic carbocycles. The normalized spacial score (nSPS) is 10.7. The SMILES string of the molecule is Cc1ccc([N+](=O)[O-])cc1NC(=O)c1cc(-c2cccs2)nn1-c1ccccc1. The molecule has 2 aromatic carbocycles. The van der Waals surface area contributed by atoms with E-state index in [1.165, 1.54) is 23.5 Å². The number of nitro benzene ring substituents is 1. The third kappa shape index (κ3) is 3.78. The number of carbonyl (C=O) groups excluding carboxylic acids is 1. The third-order valence-corrected chi connectivity index (χ3v) is 5.29.